The summed E-state index contributed by atoms with van der Waals surface area (Å²) in [4.78, 5) is 0. The molecule has 3 rings (SSSR count). The van der Waals surface area contributed by atoms with Crippen molar-refractivity contribution in [1.29, 1.82) is 0 Å². The van der Waals surface area contributed by atoms with Gasteiger partial charge in [-0.1, -0.05) is 43.2 Å². The average Bonchev–Trinajstić information content (AvgIpc) is 2.69. The van der Waals surface area contributed by atoms with E-state index in [1.807, 2.05) is 0 Å². The zero-order valence-electron chi connectivity index (χ0n) is 11.7. The number of aryl methyl sites for hydroxylation is 1. The van der Waals surface area contributed by atoms with Gasteiger partial charge in [-0.25, -0.2) is 0 Å². The second-order valence-electron chi connectivity index (χ2n) is 6.46. The van der Waals surface area contributed by atoms with Crippen molar-refractivity contribution >= 4 is 0 Å². The first-order valence-corrected chi connectivity index (χ1v) is 7.55. The Balaban J connectivity index is 1.51. The molecule has 2 unspecified atom stereocenters. The topological polar surface area (TPSA) is 12.0 Å². The summed E-state index contributed by atoms with van der Waals surface area (Å²) in [5.41, 5.74) is 2.95. The molecule has 0 aromatic heterocycles. The van der Waals surface area contributed by atoms with Crippen LogP contribution in [-0.4, -0.2) is 12.1 Å². The van der Waals surface area contributed by atoms with Gasteiger partial charge in [-0.2, -0.15) is 0 Å². The Bertz CT molecular complexity index is 406. The van der Waals surface area contributed by atoms with E-state index < -0.39 is 0 Å². The number of hydrogen-bond acceptors (Lipinski definition) is 1. The maximum atomic E-state index is 3.88. The molecule has 2 fully saturated rings. The van der Waals surface area contributed by atoms with Crippen LogP contribution in [0.1, 0.15) is 56.1 Å². The smallest absolute Gasteiger partial charge is 0.00952 e. The fraction of sp³-hybridized carbons (Fsp3) is 0.647. The molecule has 0 heterocycles. The quantitative estimate of drug-likeness (QED) is 0.845. The van der Waals surface area contributed by atoms with Crippen LogP contribution in [0.3, 0.4) is 0 Å². The third kappa shape index (κ3) is 2.47. The monoisotopic (exact) mass is 243 g/mol. The van der Waals surface area contributed by atoms with Crippen LogP contribution >= 0.6 is 0 Å². The Morgan fingerprint density at radius 3 is 2.67 bits per heavy atom. The third-order valence-electron chi connectivity index (χ3n) is 4.96. The molecule has 18 heavy (non-hydrogen) atoms. The van der Waals surface area contributed by atoms with Crippen molar-refractivity contribution < 1.29 is 0 Å². The van der Waals surface area contributed by atoms with E-state index in [1.165, 1.54) is 37.7 Å². The van der Waals surface area contributed by atoms with Gasteiger partial charge in [0.1, 0.15) is 0 Å². The van der Waals surface area contributed by atoms with E-state index in [9.17, 15) is 0 Å². The molecule has 1 nitrogen and oxygen atoms in total. The van der Waals surface area contributed by atoms with Gasteiger partial charge in [0.25, 0.3) is 0 Å². The Labute approximate surface area is 111 Å². The molecule has 2 atom stereocenters. The van der Waals surface area contributed by atoms with E-state index in [0.717, 1.165) is 23.9 Å². The van der Waals surface area contributed by atoms with Crippen LogP contribution in [0.2, 0.25) is 0 Å². The highest BCUT2D eigenvalue weighted by Crippen LogP contribution is 2.38. The molecule has 98 valence electrons. The lowest BCUT2D eigenvalue weighted by molar-refractivity contribution is 0.247. The molecular formula is C17H25N. The summed E-state index contributed by atoms with van der Waals surface area (Å²) < 4.78 is 0. The van der Waals surface area contributed by atoms with Crippen LogP contribution < -0.4 is 5.32 Å². The molecule has 1 heteroatoms. The summed E-state index contributed by atoms with van der Waals surface area (Å²) in [6, 6.07) is 10.6. The molecule has 0 spiro atoms. The molecule has 1 aromatic carbocycles. The lowest BCUT2D eigenvalue weighted by Crippen LogP contribution is -2.46. The molecule has 2 aliphatic rings. The van der Waals surface area contributed by atoms with Crippen molar-refractivity contribution in [3.8, 4) is 0 Å². The summed E-state index contributed by atoms with van der Waals surface area (Å²) in [6.45, 7) is 4.60. The maximum Gasteiger partial charge on any atom is 0.00952 e. The Hall–Kier alpha value is -0.820. The van der Waals surface area contributed by atoms with Gasteiger partial charge >= 0.3 is 0 Å². The predicted octanol–water partition coefficient (Wildman–Crippen LogP) is 4.02. The lowest BCUT2D eigenvalue weighted by Gasteiger charge is -2.39. The molecule has 0 bridgehead atoms. The minimum atomic E-state index is 0.779. The van der Waals surface area contributed by atoms with Crippen LogP contribution in [0.5, 0.6) is 0 Å². The Morgan fingerprint density at radius 2 is 2.00 bits per heavy atom. The van der Waals surface area contributed by atoms with E-state index in [-0.39, 0.29) is 0 Å². The van der Waals surface area contributed by atoms with Crippen LogP contribution in [0.15, 0.2) is 24.3 Å². The van der Waals surface area contributed by atoms with Gasteiger partial charge in [-0.05, 0) is 50.0 Å². The van der Waals surface area contributed by atoms with E-state index in [4.69, 9.17) is 0 Å². The highest BCUT2D eigenvalue weighted by Gasteiger charge is 2.33. The molecule has 0 saturated heterocycles. The van der Waals surface area contributed by atoms with Crippen molar-refractivity contribution in [3.63, 3.8) is 0 Å². The normalized spacial score (nSPS) is 35.4. The fourth-order valence-electron chi connectivity index (χ4n) is 3.65. The summed E-state index contributed by atoms with van der Waals surface area (Å²) in [7, 11) is 0. The first-order chi connectivity index (χ1) is 8.72. The van der Waals surface area contributed by atoms with Crippen LogP contribution in [0.25, 0.3) is 0 Å². The molecule has 0 radical (unpaired) electrons. The standard InChI is InChI=1S/C17H25N/c1-12-5-3-7-14(9-12)15-10-16(11-15)18-17-8-4-6-13(17)2/h3,5,7,9,13,15-18H,4,6,8,10-11H2,1-2H3. The molecule has 1 aromatic rings. The second kappa shape index (κ2) is 5.05. The highest BCUT2D eigenvalue weighted by molar-refractivity contribution is 5.27. The van der Waals surface area contributed by atoms with E-state index in [2.05, 4.69) is 43.4 Å². The van der Waals surface area contributed by atoms with Gasteiger partial charge in [-0.3, -0.25) is 0 Å². The zero-order valence-corrected chi connectivity index (χ0v) is 11.7. The number of rotatable bonds is 3. The largest absolute Gasteiger partial charge is 0.311 e. The van der Waals surface area contributed by atoms with E-state index in [0.29, 0.717) is 0 Å². The number of benzene rings is 1. The maximum absolute atomic E-state index is 3.88. The highest BCUT2D eigenvalue weighted by atomic mass is 15.0. The molecular weight excluding hydrogens is 218 g/mol. The van der Waals surface area contributed by atoms with Crippen molar-refractivity contribution in [2.45, 2.75) is 64.0 Å². The van der Waals surface area contributed by atoms with Gasteiger partial charge in [0, 0.05) is 12.1 Å². The molecule has 0 amide bonds. The lowest BCUT2D eigenvalue weighted by atomic mass is 9.75. The SMILES string of the molecule is Cc1cccc(C2CC(NC3CCCC3C)C2)c1. The fourth-order valence-corrected chi connectivity index (χ4v) is 3.65. The molecule has 0 aliphatic heterocycles. The van der Waals surface area contributed by atoms with Crippen molar-refractivity contribution in [3.05, 3.63) is 35.4 Å². The minimum absolute atomic E-state index is 0.779. The second-order valence-corrected chi connectivity index (χ2v) is 6.46. The Kier molecular flexibility index (Phi) is 3.43. The molecule has 1 N–H and O–H groups in total. The average molecular weight is 243 g/mol. The Morgan fingerprint density at radius 1 is 1.17 bits per heavy atom. The molecule has 2 aliphatic carbocycles. The van der Waals surface area contributed by atoms with Gasteiger partial charge in [0.2, 0.25) is 0 Å². The summed E-state index contributed by atoms with van der Waals surface area (Å²) in [5.74, 6) is 1.70. The molecule has 2 saturated carbocycles. The van der Waals surface area contributed by atoms with Crippen LogP contribution in [-0.2, 0) is 0 Å². The van der Waals surface area contributed by atoms with Crippen molar-refractivity contribution in [2.75, 3.05) is 0 Å². The van der Waals surface area contributed by atoms with Crippen molar-refractivity contribution in [1.82, 2.24) is 5.32 Å². The third-order valence-corrected chi connectivity index (χ3v) is 4.96. The first-order valence-electron chi connectivity index (χ1n) is 7.55. The minimum Gasteiger partial charge on any atom is -0.311 e. The zero-order chi connectivity index (χ0) is 12.5. The summed E-state index contributed by atoms with van der Waals surface area (Å²) >= 11 is 0. The predicted molar refractivity (Wildman–Crippen MR) is 76.9 cm³/mol. The van der Waals surface area contributed by atoms with Gasteiger partial charge in [0.05, 0.1) is 0 Å². The number of hydrogen-bond donors (Lipinski definition) is 1. The van der Waals surface area contributed by atoms with Gasteiger partial charge in [0.15, 0.2) is 0 Å². The van der Waals surface area contributed by atoms with E-state index in [1.54, 1.807) is 5.56 Å². The van der Waals surface area contributed by atoms with Crippen molar-refractivity contribution in [2.24, 2.45) is 5.92 Å². The summed E-state index contributed by atoms with van der Waals surface area (Å²) in [5, 5.41) is 3.88. The van der Waals surface area contributed by atoms with Gasteiger partial charge in [-0.15, -0.1) is 0 Å². The van der Waals surface area contributed by atoms with Gasteiger partial charge < -0.3 is 5.32 Å². The summed E-state index contributed by atoms with van der Waals surface area (Å²) in [6.07, 6.45) is 6.92. The van der Waals surface area contributed by atoms with Crippen LogP contribution in [0, 0.1) is 12.8 Å². The van der Waals surface area contributed by atoms with E-state index >= 15 is 0 Å². The first kappa shape index (κ1) is 12.2. The van der Waals surface area contributed by atoms with Crippen LogP contribution in [0.4, 0.5) is 0 Å². The number of nitrogens with one attached hydrogen (secondary N) is 1.